The first kappa shape index (κ1) is 16.9. The lowest BCUT2D eigenvalue weighted by Crippen LogP contribution is -1.74. The molecule has 2 aromatic rings. The second-order valence-electron chi connectivity index (χ2n) is 4.60. The maximum Gasteiger partial charge on any atom is 0.0798 e. The van der Waals surface area contributed by atoms with Crippen molar-refractivity contribution in [1.82, 2.24) is 0 Å². The first-order valence-electron chi connectivity index (χ1n) is 6.75. The third-order valence-electron chi connectivity index (χ3n) is 3.25. The molecule has 0 nitrogen and oxygen atoms in total. The van der Waals surface area contributed by atoms with E-state index in [0.29, 0.717) is 0 Å². The zero-order valence-corrected chi connectivity index (χ0v) is 18.0. The summed E-state index contributed by atoms with van der Waals surface area (Å²) in [4.78, 5) is 1.44. The van der Waals surface area contributed by atoms with Crippen molar-refractivity contribution in [3.63, 3.8) is 0 Å². The second-order valence-corrected chi connectivity index (χ2v) is 12.5. The van der Waals surface area contributed by atoms with Crippen LogP contribution in [0, 0.1) is 0 Å². The highest BCUT2D eigenvalue weighted by Crippen LogP contribution is 2.65. The summed E-state index contributed by atoms with van der Waals surface area (Å²) in [6.45, 7) is 0. The summed E-state index contributed by atoms with van der Waals surface area (Å²) in [5.74, 6) is 0. The van der Waals surface area contributed by atoms with Gasteiger partial charge in [-0.25, -0.2) is 0 Å². The normalized spacial score (nSPS) is 17.3. The van der Waals surface area contributed by atoms with E-state index in [9.17, 15) is 0 Å². The van der Waals surface area contributed by atoms with E-state index in [-0.39, 0.29) is 0 Å². The van der Waals surface area contributed by atoms with E-state index in [2.05, 4.69) is 48.2 Å². The summed E-state index contributed by atoms with van der Waals surface area (Å²) in [5, 5.41) is 2.30. The Kier molecular flexibility index (Phi) is 5.45. The number of rotatable bonds is 3. The minimum atomic E-state index is 1.32. The average molecular weight is 429 g/mol. The van der Waals surface area contributed by atoms with Gasteiger partial charge in [0.15, 0.2) is 0 Å². The SMILES string of the molecule is CSC1=C(SC)SC(=C2Sc3scc(-c4ccccc4)c3S2)S1. The van der Waals surface area contributed by atoms with Crippen molar-refractivity contribution in [2.24, 2.45) is 0 Å². The Bertz CT molecular complexity index is 783. The molecule has 0 saturated carbocycles. The Morgan fingerprint density at radius 3 is 2.09 bits per heavy atom. The summed E-state index contributed by atoms with van der Waals surface area (Å²) in [6, 6.07) is 10.7. The average Bonchev–Trinajstić information content (AvgIpc) is 3.28. The maximum absolute atomic E-state index is 2.30. The fourth-order valence-electron chi connectivity index (χ4n) is 2.20. The maximum atomic E-state index is 2.30. The molecule has 1 aromatic heterocycles. The summed E-state index contributed by atoms with van der Waals surface area (Å²) in [6.07, 6.45) is 4.35. The van der Waals surface area contributed by atoms with Crippen LogP contribution in [-0.2, 0) is 0 Å². The van der Waals surface area contributed by atoms with Gasteiger partial charge in [0.1, 0.15) is 0 Å². The van der Waals surface area contributed by atoms with Crippen LogP contribution in [0.4, 0.5) is 0 Å². The van der Waals surface area contributed by atoms with Crippen LogP contribution >= 0.6 is 81.9 Å². The fraction of sp³-hybridized carbons (Fsp3) is 0.125. The second kappa shape index (κ2) is 7.40. The lowest BCUT2D eigenvalue weighted by Gasteiger charge is -2.03. The lowest BCUT2D eigenvalue weighted by atomic mass is 10.1. The third kappa shape index (κ3) is 3.30. The van der Waals surface area contributed by atoms with Crippen LogP contribution in [0.3, 0.4) is 0 Å². The van der Waals surface area contributed by atoms with Gasteiger partial charge >= 0.3 is 0 Å². The van der Waals surface area contributed by atoms with Crippen molar-refractivity contribution in [2.75, 3.05) is 12.5 Å². The van der Waals surface area contributed by atoms with Crippen molar-refractivity contribution in [1.29, 1.82) is 0 Å². The number of fused-ring (bicyclic) bond motifs is 1. The van der Waals surface area contributed by atoms with Gasteiger partial charge in [-0.1, -0.05) is 77.4 Å². The van der Waals surface area contributed by atoms with Gasteiger partial charge in [-0.2, -0.15) is 0 Å². The lowest BCUT2D eigenvalue weighted by molar-refractivity contribution is 1.42. The molecular formula is C16H12S7. The molecule has 4 rings (SSSR count). The number of thiophene rings is 1. The molecule has 23 heavy (non-hydrogen) atoms. The molecule has 2 aliphatic heterocycles. The number of benzene rings is 1. The molecule has 0 N–H and O–H groups in total. The molecule has 0 amide bonds. The number of hydrogen-bond donors (Lipinski definition) is 0. The molecule has 3 heterocycles. The van der Waals surface area contributed by atoms with Crippen LogP contribution < -0.4 is 0 Å². The summed E-state index contributed by atoms with van der Waals surface area (Å²) in [7, 11) is 0. The zero-order chi connectivity index (χ0) is 15.8. The number of hydrogen-bond acceptors (Lipinski definition) is 7. The van der Waals surface area contributed by atoms with Crippen LogP contribution in [-0.4, -0.2) is 12.5 Å². The Labute approximate surface area is 166 Å². The van der Waals surface area contributed by atoms with Gasteiger partial charge in [-0.05, 0) is 18.1 Å². The topological polar surface area (TPSA) is 0 Å². The molecule has 7 heteroatoms. The van der Waals surface area contributed by atoms with E-state index in [1.807, 2.05) is 81.9 Å². The van der Waals surface area contributed by atoms with Crippen LogP contribution in [0.15, 0.2) is 61.8 Å². The van der Waals surface area contributed by atoms with Crippen molar-refractivity contribution in [3.05, 3.63) is 52.7 Å². The van der Waals surface area contributed by atoms with Crippen molar-refractivity contribution in [3.8, 4) is 11.1 Å². The van der Waals surface area contributed by atoms with Crippen LogP contribution in [0.25, 0.3) is 11.1 Å². The Hall–Kier alpha value is 0.500. The molecule has 0 unspecified atom stereocenters. The van der Waals surface area contributed by atoms with E-state index in [4.69, 9.17) is 0 Å². The molecule has 0 atom stereocenters. The highest BCUT2D eigenvalue weighted by Gasteiger charge is 2.30. The van der Waals surface area contributed by atoms with Crippen LogP contribution in [0.5, 0.6) is 0 Å². The van der Waals surface area contributed by atoms with E-state index in [0.717, 1.165) is 0 Å². The first-order valence-corrected chi connectivity index (χ1v) is 13.3. The highest BCUT2D eigenvalue weighted by atomic mass is 32.3. The molecule has 2 aliphatic rings. The van der Waals surface area contributed by atoms with E-state index in [1.165, 1.54) is 37.2 Å². The standard InChI is InChI=1S/C16H12S7/c1-17-13-14(18-2)23-16(22-13)15-20-11-10(8-19-12(11)21-15)9-6-4-3-5-7-9/h3-8H,1-2H3. The molecule has 0 radical (unpaired) electrons. The molecule has 0 spiro atoms. The summed E-state index contributed by atoms with van der Waals surface area (Å²) < 4.78 is 7.25. The Balaban J connectivity index is 1.63. The van der Waals surface area contributed by atoms with Crippen molar-refractivity contribution < 1.29 is 0 Å². The van der Waals surface area contributed by atoms with Gasteiger partial charge in [0, 0.05) is 15.8 Å². The van der Waals surface area contributed by atoms with Gasteiger partial charge < -0.3 is 0 Å². The van der Waals surface area contributed by atoms with Crippen LogP contribution in [0.2, 0.25) is 0 Å². The van der Waals surface area contributed by atoms with Gasteiger partial charge in [0.05, 0.1) is 21.2 Å². The Morgan fingerprint density at radius 2 is 1.43 bits per heavy atom. The summed E-state index contributed by atoms with van der Waals surface area (Å²) in [5.41, 5.74) is 2.71. The van der Waals surface area contributed by atoms with Gasteiger partial charge in [-0.3, -0.25) is 0 Å². The van der Waals surface area contributed by atoms with E-state index in [1.54, 1.807) is 0 Å². The van der Waals surface area contributed by atoms with E-state index >= 15 is 0 Å². The predicted octanol–water partition coefficient (Wildman–Crippen LogP) is 8.07. The minimum Gasteiger partial charge on any atom is -0.135 e. The molecular weight excluding hydrogens is 417 g/mol. The van der Waals surface area contributed by atoms with Crippen LogP contribution in [0.1, 0.15) is 0 Å². The molecule has 0 fully saturated rings. The molecule has 0 aliphatic carbocycles. The number of thioether (sulfide) groups is 6. The van der Waals surface area contributed by atoms with E-state index < -0.39 is 0 Å². The monoisotopic (exact) mass is 428 g/mol. The summed E-state index contributed by atoms with van der Waals surface area (Å²) >= 11 is 13.4. The smallest absolute Gasteiger partial charge is 0.0798 e. The van der Waals surface area contributed by atoms with Crippen molar-refractivity contribution >= 4 is 81.9 Å². The zero-order valence-electron chi connectivity index (χ0n) is 12.3. The first-order chi connectivity index (χ1) is 11.3. The van der Waals surface area contributed by atoms with Gasteiger partial charge in [0.25, 0.3) is 0 Å². The van der Waals surface area contributed by atoms with Crippen molar-refractivity contribution in [2.45, 2.75) is 9.10 Å². The molecule has 0 saturated heterocycles. The predicted molar refractivity (Wildman–Crippen MR) is 118 cm³/mol. The molecule has 0 bridgehead atoms. The fourth-order valence-corrected chi connectivity index (χ4v) is 11.6. The quantitative estimate of drug-likeness (QED) is 0.481. The van der Waals surface area contributed by atoms with Gasteiger partial charge in [-0.15, -0.1) is 34.9 Å². The van der Waals surface area contributed by atoms with Gasteiger partial charge in [0.2, 0.25) is 0 Å². The largest absolute Gasteiger partial charge is 0.135 e. The third-order valence-corrected chi connectivity index (χ3v) is 12.9. The molecule has 1 aromatic carbocycles. The minimum absolute atomic E-state index is 1.32. The highest BCUT2D eigenvalue weighted by molar-refractivity contribution is 8.42. The molecule has 118 valence electrons. The Morgan fingerprint density at radius 1 is 0.783 bits per heavy atom.